The van der Waals surface area contributed by atoms with E-state index in [0.717, 1.165) is 54.9 Å². The van der Waals surface area contributed by atoms with Gasteiger partial charge in [0.15, 0.2) is 0 Å². The van der Waals surface area contributed by atoms with Crippen LogP contribution in [0.25, 0.3) is 21.8 Å². The van der Waals surface area contributed by atoms with Gasteiger partial charge in [0.05, 0.1) is 5.56 Å². The quantitative estimate of drug-likeness (QED) is 0.591. The Hall–Kier alpha value is -2.31. The molecular formula is C26H35ClN4O2. The van der Waals surface area contributed by atoms with Crippen LogP contribution in [0.15, 0.2) is 35.3 Å². The SMILES string of the molecule is CC(C)N1CCC[C@H]1CNC(=O)c1cn(C2CCCC2)c(=O)c2c1c1ccccc1n2C.Cl. The fourth-order valence-electron chi connectivity index (χ4n) is 5.99. The maximum Gasteiger partial charge on any atom is 0.275 e. The van der Waals surface area contributed by atoms with E-state index in [1.165, 1.54) is 6.42 Å². The van der Waals surface area contributed by atoms with Crippen molar-refractivity contribution in [3.63, 3.8) is 0 Å². The van der Waals surface area contributed by atoms with Crippen molar-refractivity contribution in [1.82, 2.24) is 19.4 Å². The van der Waals surface area contributed by atoms with Gasteiger partial charge in [-0.15, -0.1) is 12.4 Å². The summed E-state index contributed by atoms with van der Waals surface area (Å²) in [6.45, 7) is 6.18. The number of halogens is 1. The van der Waals surface area contributed by atoms with E-state index < -0.39 is 0 Å². The average Bonchev–Trinajstić information content (AvgIpc) is 3.53. The number of nitrogens with zero attached hydrogens (tertiary/aromatic N) is 3. The van der Waals surface area contributed by atoms with E-state index in [9.17, 15) is 9.59 Å². The minimum atomic E-state index is -0.0753. The first-order valence-corrected chi connectivity index (χ1v) is 12.1. The van der Waals surface area contributed by atoms with Crippen molar-refractivity contribution in [2.45, 2.75) is 70.5 Å². The maximum absolute atomic E-state index is 13.6. The normalized spacial score (nSPS) is 19.6. The molecule has 1 aliphatic heterocycles. The molecule has 2 fully saturated rings. The molecule has 0 unspecified atom stereocenters. The molecule has 1 saturated heterocycles. The lowest BCUT2D eigenvalue weighted by Gasteiger charge is -2.28. The fourth-order valence-corrected chi connectivity index (χ4v) is 5.99. The Bertz CT molecular complexity index is 1220. The number of hydrogen-bond donors (Lipinski definition) is 1. The summed E-state index contributed by atoms with van der Waals surface area (Å²) >= 11 is 0. The Morgan fingerprint density at radius 3 is 2.58 bits per heavy atom. The second kappa shape index (κ2) is 9.51. The summed E-state index contributed by atoms with van der Waals surface area (Å²) in [5.74, 6) is -0.0753. The number of hydrogen-bond acceptors (Lipinski definition) is 3. The highest BCUT2D eigenvalue weighted by atomic mass is 35.5. The molecule has 3 aromatic rings. The van der Waals surface area contributed by atoms with Gasteiger partial charge in [0, 0.05) is 54.2 Å². The lowest BCUT2D eigenvalue weighted by atomic mass is 10.1. The first-order valence-electron chi connectivity index (χ1n) is 12.1. The summed E-state index contributed by atoms with van der Waals surface area (Å²) in [6, 6.07) is 9.04. The molecule has 2 aromatic heterocycles. The Balaban J connectivity index is 0.00000259. The predicted molar refractivity (Wildman–Crippen MR) is 137 cm³/mol. The van der Waals surface area contributed by atoms with Crippen LogP contribution in [0.4, 0.5) is 0 Å². The topological polar surface area (TPSA) is 59.3 Å². The zero-order valence-electron chi connectivity index (χ0n) is 19.8. The number of pyridine rings is 1. The van der Waals surface area contributed by atoms with Gasteiger partial charge in [0.25, 0.3) is 11.5 Å². The van der Waals surface area contributed by atoms with Crippen molar-refractivity contribution in [2.24, 2.45) is 7.05 Å². The minimum absolute atomic E-state index is 0. The van der Waals surface area contributed by atoms with Gasteiger partial charge in [0.2, 0.25) is 0 Å². The van der Waals surface area contributed by atoms with Crippen molar-refractivity contribution in [3.05, 3.63) is 46.4 Å². The highest BCUT2D eigenvalue weighted by Gasteiger charge is 2.29. The molecular weight excluding hydrogens is 436 g/mol. The van der Waals surface area contributed by atoms with Gasteiger partial charge in [-0.2, -0.15) is 0 Å². The molecule has 1 atom stereocenters. The Labute approximate surface area is 201 Å². The molecule has 7 heteroatoms. The number of fused-ring (bicyclic) bond motifs is 3. The lowest BCUT2D eigenvalue weighted by Crippen LogP contribution is -2.43. The largest absolute Gasteiger partial charge is 0.350 e. The summed E-state index contributed by atoms with van der Waals surface area (Å²) in [7, 11) is 1.94. The van der Waals surface area contributed by atoms with Gasteiger partial charge in [-0.05, 0) is 52.1 Å². The molecule has 1 aliphatic carbocycles. The lowest BCUT2D eigenvalue weighted by molar-refractivity contribution is 0.0936. The van der Waals surface area contributed by atoms with E-state index in [1.54, 1.807) is 0 Å². The predicted octanol–water partition coefficient (Wildman–Crippen LogP) is 4.63. The first-order chi connectivity index (χ1) is 15.5. The van der Waals surface area contributed by atoms with Crippen LogP contribution in [0, 0.1) is 0 Å². The first kappa shape index (κ1) is 23.8. The minimum Gasteiger partial charge on any atom is -0.350 e. The van der Waals surface area contributed by atoms with E-state index in [0.29, 0.717) is 29.7 Å². The third-order valence-electron chi connectivity index (χ3n) is 7.63. The van der Waals surface area contributed by atoms with Crippen molar-refractivity contribution < 1.29 is 4.79 Å². The number of para-hydroxylation sites is 1. The van der Waals surface area contributed by atoms with Crippen molar-refractivity contribution in [2.75, 3.05) is 13.1 Å². The van der Waals surface area contributed by atoms with Gasteiger partial charge in [-0.3, -0.25) is 14.5 Å². The Morgan fingerprint density at radius 1 is 1.12 bits per heavy atom. The smallest absolute Gasteiger partial charge is 0.275 e. The highest BCUT2D eigenvalue weighted by Crippen LogP contribution is 2.33. The Kier molecular flexibility index (Phi) is 6.87. The monoisotopic (exact) mass is 470 g/mol. The number of aryl methyl sites for hydroxylation is 1. The molecule has 1 aromatic carbocycles. The molecule has 3 heterocycles. The molecule has 6 nitrogen and oxygen atoms in total. The van der Waals surface area contributed by atoms with Crippen LogP contribution >= 0.6 is 12.4 Å². The number of carbonyl (C=O) groups is 1. The van der Waals surface area contributed by atoms with Crippen LogP contribution in [0.5, 0.6) is 0 Å². The van der Waals surface area contributed by atoms with Crippen LogP contribution in [-0.4, -0.2) is 45.1 Å². The van der Waals surface area contributed by atoms with Gasteiger partial charge in [0.1, 0.15) is 5.52 Å². The van der Waals surface area contributed by atoms with E-state index in [2.05, 4.69) is 24.1 Å². The maximum atomic E-state index is 13.6. The molecule has 33 heavy (non-hydrogen) atoms. The van der Waals surface area contributed by atoms with E-state index >= 15 is 0 Å². The Morgan fingerprint density at radius 2 is 1.85 bits per heavy atom. The van der Waals surface area contributed by atoms with Crippen LogP contribution in [0.1, 0.15) is 68.8 Å². The third-order valence-corrected chi connectivity index (χ3v) is 7.63. The van der Waals surface area contributed by atoms with E-state index in [4.69, 9.17) is 0 Å². The average molecular weight is 471 g/mol. The van der Waals surface area contributed by atoms with Crippen molar-refractivity contribution >= 4 is 40.1 Å². The van der Waals surface area contributed by atoms with Crippen molar-refractivity contribution in [3.8, 4) is 0 Å². The second-order valence-corrected chi connectivity index (χ2v) is 9.83. The standard InChI is InChI=1S/C26H34N4O2.ClH/c1-17(2)29-14-8-11-19(29)15-27-25(31)21-16-30(18-9-4-5-10-18)26(32)24-23(21)20-12-6-7-13-22(20)28(24)3;/h6-7,12-13,16-19H,4-5,8-11,14-15H2,1-3H3,(H,27,31);1H/t19-;/m0./s1. The van der Waals surface area contributed by atoms with Crippen LogP contribution in [-0.2, 0) is 7.05 Å². The summed E-state index contributed by atoms with van der Waals surface area (Å²) in [5, 5.41) is 4.98. The van der Waals surface area contributed by atoms with Crippen molar-refractivity contribution in [1.29, 1.82) is 0 Å². The number of aromatic nitrogens is 2. The van der Waals surface area contributed by atoms with Gasteiger partial charge >= 0.3 is 0 Å². The number of amides is 1. The van der Waals surface area contributed by atoms with Crippen LogP contribution < -0.4 is 10.9 Å². The second-order valence-electron chi connectivity index (χ2n) is 9.83. The number of nitrogens with one attached hydrogen (secondary N) is 1. The molecule has 5 rings (SSSR count). The molecule has 2 aliphatic rings. The molecule has 0 spiro atoms. The third kappa shape index (κ3) is 4.08. The van der Waals surface area contributed by atoms with E-state index in [-0.39, 0.29) is 29.9 Å². The number of carbonyl (C=O) groups excluding carboxylic acids is 1. The zero-order chi connectivity index (χ0) is 22.4. The molecule has 1 amide bonds. The summed E-state index contributed by atoms with van der Waals surface area (Å²) in [6.07, 6.45) is 8.42. The number of benzene rings is 1. The molecule has 178 valence electrons. The van der Waals surface area contributed by atoms with Gasteiger partial charge in [-0.25, -0.2) is 0 Å². The molecule has 0 bridgehead atoms. The van der Waals surface area contributed by atoms with E-state index in [1.807, 2.05) is 46.6 Å². The summed E-state index contributed by atoms with van der Waals surface area (Å²) < 4.78 is 3.81. The zero-order valence-corrected chi connectivity index (χ0v) is 20.7. The molecule has 1 N–H and O–H groups in total. The fraction of sp³-hybridized carbons (Fsp3) is 0.538. The number of rotatable bonds is 5. The van der Waals surface area contributed by atoms with Gasteiger partial charge in [-0.1, -0.05) is 31.0 Å². The molecule has 0 radical (unpaired) electrons. The van der Waals surface area contributed by atoms with Crippen LogP contribution in [0.2, 0.25) is 0 Å². The summed E-state index contributed by atoms with van der Waals surface area (Å²) in [4.78, 5) is 29.6. The number of likely N-dealkylation sites (tertiary alicyclic amines) is 1. The molecule has 1 saturated carbocycles. The van der Waals surface area contributed by atoms with Gasteiger partial charge < -0.3 is 14.5 Å². The summed E-state index contributed by atoms with van der Waals surface area (Å²) in [5.41, 5.74) is 2.26. The van der Waals surface area contributed by atoms with Crippen LogP contribution in [0.3, 0.4) is 0 Å². The highest BCUT2D eigenvalue weighted by molar-refractivity contribution is 6.17.